The Morgan fingerprint density at radius 2 is 2.21 bits per heavy atom. The minimum atomic E-state index is -0.175. The van der Waals surface area contributed by atoms with Crippen LogP contribution in [0, 0.1) is 0 Å². The van der Waals surface area contributed by atoms with E-state index in [2.05, 4.69) is 21.7 Å². The molecule has 0 radical (unpaired) electrons. The number of nitrogens with zero attached hydrogens (tertiary/aromatic N) is 1. The van der Waals surface area contributed by atoms with E-state index in [1.807, 2.05) is 43.3 Å². The maximum atomic E-state index is 12.7. The Bertz CT molecular complexity index is 867. The number of benzene rings is 1. The van der Waals surface area contributed by atoms with E-state index in [1.54, 1.807) is 11.3 Å². The van der Waals surface area contributed by atoms with Gasteiger partial charge in [-0.15, -0.1) is 11.3 Å². The van der Waals surface area contributed by atoms with E-state index in [0.29, 0.717) is 6.54 Å². The van der Waals surface area contributed by atoms with Crippen LogP contribution in [0.5, 0.6) is 0 Å². The lowest BCUT2D eigenvalue weighted by Crippen LogP contribution is -2.41. The molecule has 3 heterocycles. The van der Waals surface area contributed by atoms with Crippen molar-refractivity contribution in [3.05, 3.63) is 58.5 Å². The van der Waals surface area contributed by atoms with Gasteiger partial charge in [0.1, 0.15) is 11.3 Å². The molecule has 1 amide bonds. The zero-order chi connectivity index (χ0) is 19.3. The summed E-state index contributed by atoms with van der Waals surface area (Å²) in [5.74, 6) is 0.779. The Hall–Kier alpha value is -2.15. The number of para-hydroxylation sites is 1. The Morgan fingerprint density at radius 3 is 2.96 bits per heavy atom. The fraction of sp³-hybridized carbons (Fsp3) is 0.409. The molecule has 148 valence electrons. The van der Waals surface area contributed by atoms with Crippen molar-refractivity contribution in [3.63, 3.8) is 0 Å². The number of rotatable bonds is 8. The van der Waals surface area contributed by atoms with Crippen LogP contribution in [0.25, 0.3) is 11.0 Å². The summed E-state index contributed by atoms with van der Waals surface area (Å²) >= 11 is 1.72. The summed E-state index contributed by atoms with van der Waals surface area (Å²) in [6, 6.07) is 13.9. The standard InChI is InChI=1S/C22H26N2O3S/c1-16(21-12-17-6-2-3-9-20(17)27-21)23-22(25)15-24(13-18-7-4-10-26-18)14-19-8-5-11-28-19/h2-3,5-6,8-9,11-12,16,18H,4,7,10,13-15H2,1H3,(H,23,25). The molecule has 1 aromatic carbocycles. The van der Waals surface area contributed by atoms with Crippen molar-refractivity contribution in [2.75, 3.05) is 19.7 Å². The van der Waals surface area contributed by atoms with Gasteiger partial charge in [-0.3, -0.25) is 9.69 Å². The molecule has 6 heteroatoms. The van der Waals surface area contributed by atoms with Gasteiger partial charge in [0, 0.05) is 30.0 Å². The van der Waals surface area contributed by atoms with Crippen LogP contribution in [0.15, 0.2) is 52.3 Å². The maximum Gasteiger partial charge on any atom is 0.234 e. The summed E-state index contributed by atoms with van der Waals surface area (Å²) < 4.78 is 11.7. The number of carbonyl (C=O) groups excluding carboxylic acids is 1. The van der Waals surface area contributed by atoms with Gasteiger partial charge in [-0.25, -0.2) is 0 Å². The molecule has 4 rings (SSSR count). The number of hydrogen-bond donors (Lipinski definition) is 1. The van der Waals surface area contributed by atoms with Gasteiger partial charge in [-0.2, -0.15) is 0 Å². The van der Waals surface area contributed by atoms with E-state index in [4.69, 9.17) is 9.15 Å². The number of fused-ring (bicyclic) bond motifs is 1. The van der Waals surface area contributed by atoms with Crippen molar-refractivity contribution in [3.8, 4) is 0 Å². The maximum absolute atomic E-state index is 12.7. The fourth-order valence-corrected chi connectivity index (χ4v) is 4.41. The number of thiophene rings is 1. The number of amides is 1. The second-order valence-corrected chi connectivity index (χ2v) is 8.39. The van der Waals surface area contributed by atoms with Crippen LogP contribution in [-0.2, 0) is 16.1 Å². The van der Waals surface area contributed by atoms with E-state index in [9.17, 15) is 4.79 Å². The molecule has 3 aromatic rings. The third kappa shape index (κ3) is 4.82. The van der Waals surface area contributed by atoms with Crippen molar-refractivity contribution < 1.29 is 13.9 Å². The van der Waals surface area contributed by atoms with E-state index < -0.39 is 0 Å². The minimum Gasteiger partial charge on any atom is -0.459 e. The number of hydrogen-bond acceptors (Lipinski definition) is 5. The van der Waals surface area contributed by atoms with Gasteiger partial charge in [0.05, 0.1) is 18.7 Å². The van der Waals surface area contributed by atoms with Gasteiger partial charge < -0.3 is 14.5 Å². The van der Waals surface area contributed by atoms with Crippen molar-refractivity contribution in [1.82, 2.24) is 10.2 Å². The average molecular weight is 399 g/mol. The van der Waals surface area contributed by atoms with Crippen LogP contribution in [-0.4, -0.2) is 36.6 Å². The Kier molecular flexibility index (Phi) is 6.10. The van der Waals surface area contributed by atoms with Crippen molar-refractivity contribution >= 4 is 28.2 Å². The first-order valence-electron chi connectivity index (χ1n) is 9.81. The van der Waals surface area contributed by atoms with Gasteiger partial charge >= 0.3 is 0 Å². The molecule has 0 aliphatic carbocycles. The monoisotopic (exact) mass is 398 g/mol. The van der Waals surface area contributed by atoms with Crippen LogP contribution in [0.3, 0.4) is 0 Å². The molecule has 28 heavy (non-hydrogen) atoms. The molecule has 0 bridgehead atoms. The summed E-state index contributed by atoms with van der Waals surface area (Å²) in [6.07, 6.45) is 2.39. The molecule has 2 unspecified atom stereocenters. The Morgan fingerprint density at radius 1 is 1.32 bits per heavy atom. The highest BCUT2D eigenvalue weighted by Gasteiger charge is 2.22. The molecule has 1 N–H and O–H groups in total. The van der Waals surface area contributed by atoms with Gasteiger partial charge in [0.2, 0.25) is 5.91 Å². The van der Waals surface area contributed by atoms with Crippen molar-refractivity contribution in [2.24, 2.45) is 0 Å². The van der Waals surface area contributed by atoms with Crippen molar-refractivity contribution in [1.29, 1.82) is 0 Å². The lowest BCUT2D eigenvalue weighted by atomic mass is 10.2. The first-order valence-corrected chi connectivity index (χ1v) is 10.7. The first-order chi connectivity index (χ1) is 13.7. The quantitative estimate of drug-likeness (QED) is 0.613. The molecule has 5 nitrogen and oxygen atoms in total. The summed E-state index contributed by atoms with van der Waals surface area (Å²) in [5.41, 5.74) is 0.844. The molecule has 1 fully saturated rings. The third-order valence-corrected chi connectivity index (χ3v) is 5.92. The highest BCUT2D eigenvalue weighted by Crippen LogP contribution is 2.23. The second kappa shape index (κ2) is 8.90. The summed E-state index contributed by atoms with van der Waals surface area (Å²) in [5, 5.41) is 6.21. The van der Waals surface area contributed by atoms with Gasteiger partial charge in [0.25, 0.3) is 0 Å². The van der Waals surface area contributed by atoms with Crippen LogP contribution >= 0.6 is 11.3 Å². The summed E-state index contributed by atoms with van der Waals surface area (Å²) in [6.45, 7) is 4.68. The minimum absolute atomic E-state index is 0.00232. The van der Waals surface area contributed by atoms with E-state index in [0.717, 1.165) is 49.3 Å². The van der Waals surface area contributed by atoms with Gasteiger partial charge in [-0.05, 0) is 43.3 Å². The SMILES string of the molecule is CC(NC(=O)CN(Cc1cccs1)CC1CCCO1)c1cc2ccccc2o1. The molecule has 2 atom stereocenters. The smallest absolute Gasteiger partial charge is 0.234 e. The Balaban J connectivity index is 1.38. The molecule has 0 spiro atoms. The van der Waals surface area contributed by atoms with E-state index >= 15 is 0 Å². The summed E-state index contributed by atoms with van der Waals surface area (Å²) in [4.78, 5) is 16.2. The number of carbonyl (C=O) groups is 1. The lowest BCUT2D eigenvalue weighted by molar-refractivity contribution is -0.123. The number of furan rings is 1. The summed E-state index contributed by atoms with van der Waals surface area (Å²) in [7, 11) is 0. The van der Waals surface area contributed by atoms with Gasteiger partial charge in [0.15, 0.2) is 0 Å². The molecule has 1 saturated heterocycles. The first kappa shape index (κ1) is 19.2. The normalized spacial score (nSPS) is 18.0. The lowest BCUT2D eigenvalue weighted by Gasteiger charge is -2.24. The topological polar surface area (TPSA) is 54.7 Å². The molecular weight excluding hydrogens is 372 g/mol. The highest BCUT2D eigenvalue weighted by atomic mass is 32.1. The third-order valence-electron chi connectivity index (χ3n) is 5.06. The molecule has 2 aromatic heterocycles. The van der Waals surface area contributed by atoms with Crippen LogP contribution in [0.4, 0.5) is 0 Å². The van der Waals surface area contributed by atoms with E-state index in [1.165, 1.54) is 4.88 Å². The molecule has 1 aliphatic rings. The molecular formula is C22H26N2O3S. The largest absolute Gasteiger partial charge is 0.459 e. The number of nitrogens with one attached hydrogen (secondary N) is 1. The van der Waals surface area contributed by atoms with Crippen LogP contribution < -0.4 is 5.32 Å². The van der Waals surface area contributed by atoms with Crippen molar-refractivity contribution in [2.45, 2.75) is 38.5 Å². The molecule has 0 saturated carbocycles. The predicted octanol–water partition coefficient (Wildman–Crippen LogP) is 4.35. The van der Waals surface area contributed by atoms with Crippen LogP contribution in [0.2, 0.25) is 0 Å². The predicted molar refractivity (Wildman–Crippen MR) is 111 cm³/mol. The van der Waals surface area contributed by atoms with Crippen LogP contribution in [0.1, 0.15) is 36.4 Å². The zero-order valence-electron chi connectivity index (χ0n) is 16.1. The second-order valence-electron chi connectivity index (χ2n) is 7.36. The number of ether oxygens (including phenoxy) is 1. The molecule has 1 aliphatic heterocycles. The fourth-order valence-electron chi connectivity index (χ4n) is 3.66. The zero-order valence-corrected chi connectivity index (χ0v) is 16.9. The Labute approximate surface area is 169 Å². The highest BCUT2D eigenvalue weighted by molar-refractivity contribution is 7.09. The average Bonchev–Trinajstić information content (AvgIpc) is 3.43. The van der Waals surface area contributed by atoms with Gasteiger partial charge in [-0.1, -0.05) is 24.3 Å². The van der Waals surface area contributed by atoms with E-state index in [-0.39, 0.29) is 18.1 Å².